The predicted octanol–water partition coefficient (Wildman–Crippen LogP) is 13.2. The molecule has 1 aliphatic heterocycles. The fraction of sp³-hybridized carbons (Fsp3) is 0.945. The molecule has 6 N–H and O–H groups in total. The fourth-order valence-corrected chi connectivity index (χ4v) is 9.16. The van der Waals surface area contributed by atoms with Gasteiger partial charge in [-0.25, -0.2) is 0 Å². The molecule has 9 heteroatoms. The highest BCUT2D eigenvalue weighted by Crippen LogP contribution is 2.23. The van der Waals surface area contributed by atoms with Crippen LogP contribution in [0, 0.1) is 0 Å². The van der Waals surface area contributed by atoms with E-state index in [0.717, 1.165) is 38.5 Å². The first-order valence-electron chi connectivity index (χ1n) is 27.9. The van der Waals surface area contributed by atoms with E-state index >= 15 is 0 Å². The lowest BCUT2D eigenvalue weighted by atomic mass is 9.99. The Hall–Kier alpha value is -1.07. The van der Waals surface area contributed by atoms with Crippen LogP contribution in [0.4, 0.5) is 0 Å². The van der Waals surface area contributed by atoms with Crippen molar-refractivity contribution in [3.05, 3.63) is 12.2 Å². The quantitative estimate of drug-likeness (QED) is 0.0261. The minimum Gasteiger partial charge on any atom is -0.394 e. The molecule has 1 saturated heterocycles. The van der Waals surface area contributed by atoms with Gasteiger partial charge in [-0.05, 0) is 19.3 Å². The van der Waals surface area contributed by atoms with E-state index in [1.54, 1.807) is 6.08 Å². The third-order valence-corrected chi connectivity index (χ3v) is 13.6. The first kappa shape index (κ1) is 60.9. The summed E-state index contributed by atoms with van der Waals surface area (Å²) >= 11 is 0. The molecule has 0 spiro atoms. The van der Waals surface area contributed by atoms with Crippen LogP contribution in [0.2, 0.25) is 0 Å². The highest BCUT2D eigenvalue weighted by atomic mass is 16.7. The molecule has 1 aliphatic rings. The molecular formula is C55H107NO8. The number of hydrogen-bond acceptors (Lipinski definition) is 8. The highest BCUT2D eigenvalue weighted by molar-refractivity contribution is 5.76. The van der Waals surface area contributed by atoms with Gasteiger partial charge in [0.25, 0.3) is 0 Å². The molecule has 0 aliphatic carbocycles. The lowest BCUT2D eigenvalue weighted by Crippen LogP contribution is -2.60. The van der Waals surface area contributed by atoms with E-state index in [4.69, 9.17) is 9.47 Å². The van der Waals surface area contributed by atoms with Crippen molar-refractivity contribution in [3.63, 3.8) is 0 Å². The normalized spacial score (nSPS) is 20.0. The van der Waals surface area contributed by atoms with Gasteiger partial charge in [-0.3, -0.25) is 4.79 Å². The summed E-state index contributed by atoms with van der Waals surface area (Å²) in [6.45, 7) is 3.79. The van der Waals surface area contributed by atoms with E-state index in [9.17, 15) is 30.3 Å². The van der Waals surface area contributed by atoms with E-state index in [-0.39, 0.29) is 12.5 Å². The minimum absolute atomic E-state index is 0.172. The molecule has 0 aromatic heterocycles. The molecule has 64 heavy (non-hydrogen) atoms. The summed E-state index contributed by atoms with van der Waals surface area (Å²) in [6, 6.07) is -0.798. The van der Waals surface area contributed by atoms with Crippen LogP contribution in [0.3, 0.4) is 0 Å². The van der Waals surface area contributed by atoms with Gasteiger partial charge in [0.2, 0.25) is 5.91 Å². The third-order valence-electron chi connectivity index (χ3n) is 13.6. The Balaban J connectivity index is 2.10. The summed E-state index contributed by atoms with van der Waals surface area (Å²) in [6.07, 6.45) is 48.7. The lowest BCUT2D eigenvalue weighted by molar-refractivity contribution is -0.302. The number of ether oxygens (including phenoxy) is 2. The number of aliphatic hydroxyl groups excluding tert-OH is 5. The van der Waals surface area contributed by atoms with Crippen molar-refractivity contribution in [1.29, 1.82) is 0 Å². The van der Waals surface area contributed by atoms with Crippen molar-refractivity contribution in [2.24, 2.45) is 0 Å². The molecule has 1 heterocycles. The van der Waals surface area contributed by atoms with Gasteiger partial charge < -0.3 is 40.3 Å². The van der Waals surface area contributed by atoms with Gasteiger partial charge in [-0.1, -0.05) is 264 Å². The SMILES string of the molecule is CCCCCCCCCCC/C=C/[C@@H](O)[C@H](CO[C@@H]1O[C@H](CO)[C@H](O)C(O)C1O)NC(=O)CCCCCCCCCCCCCCCCCCCCCCCCCCCCCCCC. The molecular weight excluding hydrogens is 803 g/mol. The Morgan fingerprint density at radius 1 is 0.516 bits per heavy atom. The summed E-state index contributed by atoms with van der Waals surface area (Å²) in [5, 5.41) is 54.3. The van der Waals surface area contributed by atoms with E-state index in [0.29, 0.717) is 6.42 Å². The Morgan fingerprint density at radius 2 is 0.859 bits per heavy atom. The van der Waals surface area contributed by atoms with Crippen LogP contribution >= 0.6 is 0 Å². The molecule has 0 radical (unpaired) electrons. The summed E-state index contributed by atoms with van der Waals surface area (Å²) in [5.41, 5.74) is 0. The molecule has 1 rings (SSSR count). The summed E-state index contributed by atoms with van der Waals surface area (Å²) in [5.74, 6) is -0.172. The van der Waals surface area contributed by atoms with Crippen molar-refractivity contribution in [1.82, 2.24) is 5.32 Å². The Kier molecular flexibility index (Phi) is 43.5. The smallest absolute Gasteiger partial charge is 0.220 e. The second-order valence-corrected chi connectivity index (χ2v) is 19.7. The van der Waals surface area contributed by atoms with Gasteiger partial charge in [0, 0.05) is 6.42 Å². The van der Waals surface area contributed by atoms with Crippen LogP contribution in [-0.4, -0.2) is 87.5 Å². The van der Waals surface area contributed by atoms with Crippen molar-refractivity contribution in [3.8, 4) is 0 Å². The van der Waals surface area contributed by atoms with Crippen molar-refractivity contribution >= 4 is 5.91 Å². The van der Waals surface area contributed by atoms with Gasteiger partial charge in [0.05, 0.1) is 25.4 Å². The number of rotatable bonds is 48. The zero-order chi connectivity index (χ0) is 46.6. The van der Waals surface area contributed by atoms with Crippen molar-refractivity contribution < 1.29 is 39.8 Å². The van der Waals surface area contributed by atoms with E-state index in [1.807, 2.05) is 6.08 Å². The summed E-state index contributed by atoms with van der Waals surface area (Å²) in [7, 11) is 0. The number of unbranched alkanes of at least 4 members (excludes halogenated alkanes) is 38. The zero-order valence-corrected chi connectivity index (χ0v) is 42.1. The number of allylic oxidation sites excluding steroid dienone is 1. The number of aliphatic hydroxyl groups is 5. The zero-order valence-electron chi connectivity index (χ0n) is 42.1. The monoisotopic (exact) mass is 910 g/mol. The fourth-order valence-electron chi connectivity index (χ4n) is 9.16. The predicted molar refractivity (Wildman–Crippen MR) is 267 cm³/mol. The number of carbonyl (C=O) groups excluding carboxylic acids is 1. The standard InChI is InChI=1S/C55H107NO8/c1-3-5-7-9-11-13-15-16-17-18-19-20-21-22-23-24-25-26-27-28-29-30-31-32-33-35-37-39-41-43-45-51(59)56-48(47-63-55-54(62)53(61)52(60)50(46-57)64-55)49(58)44-42-40-38-36-34-14-12-10-8-6-4-2/h42,44,48-50,52-55,57-58,60-62H,3-41,43,45-47H2,1-2H3,(H,56,59)/b44-42+/t48-,49+,50+,52-,53?,54?,55+/m0/s1. The molecule has 1 amide bonds. The summed E-state index contributed by atoms with van der Waals surface area (Å²) in [4.78, 5) is 13.0. The van der Waals surface area contributed by atoms with Gasteiger partial charge in [-0.2, -0.15) is 0 Å². The first-order chi connectivity index (χ1) is 31.3. The van der Waals surface area contributed by atoms with Crippen LogP contribution < -0.4 is 5.32 Å². The molecule has 380 valence electrons. The van der Waals surface area contributed by atoms with E-state index < -0.39 is 49.5 Å². The van der Waals surface area contributed by atoms with Gasteiger partial charge in [-0.15, -0.1) is 0 Å². The maximum absolute atomic E-state index is 13.0. The van der Waals surface area contributed by atoms with Crippen molar-refractivity contribution in [2.45, 2.75) is 320 Å². The van der Waals surface area contributed by atoms with Crippen LogP contribution in [0.15, 0.2) is 12.2 Å². The molecule has 2 unspecified atom stereocenters. The number of nitrogens with one attached hydrogen (secondary N) is 1. The molecule has 0 saturated carbocycles. The topological polar surface area (TPSA) is 149 Å². The first-order valence-corrected chi connectivity index (χ1v) is 27.9. The van der Waals surface area contributed by atoms with Gasteiger partial charge >= 0.3 is 0 Å². The average molecular weight is 910 g/mol. The van der Waals surface area contributed by atoms with Gasteiger partial charge in [0.1, 0.15) is 24.4 Å². The number of hydrogen-bond donors (Lipinski definition) is 6. The Bertz CT molecular complexity index is 1010. The lowest BCUT2D eigenvalue weighted by Gasteiger charge is -2.40. The highest BCUT2D eigenvalue weighted by Gasteiger charge is 2.44. The molecule has 7 atom stereocenters. The van der Waals surface area contributed by atoms with Gasteiger partial charge in [0.15, 0.2) is 6.29 Å². The van der Waals surface area contributed by atoms with Crippen molar-refractivity contribution in [2.75, 3.05) is 13.2 Å². The maximum atomic E-state index is 13.0. The second-order valence-electron chi connectivity index (χ2n) is 19.7. The van der Waals surface area contributed by atoms with E-state index in [2.05, 4.69) is 19.2 Å². The molecule has 1 fully saturated rings. The van der Waals surface area contributed by atoms with Crippen LogP contribution in [0.1, 0.15) is 277 Å². The Labute approximate surface area is 395 Å². The molecule has 0 aromatic rings. The Morgan fingerprint density at radius 3 is 1.22 bits per heavy atom. The largest absolute Gasteiger partial charge is 0.394 e. The van der Waals surface area contributed by atoms with Crippen LogP contribution in [0.5, 0.6) is 0 Å². The summed E-state index contributed by atoms with van der Waals surface area (Å²) < 4.78 is 11.2. The van der Waals surface area contributed by atoms with Crippen LogP contribution in [-0.2, 0) is 14.3 Å². The number of carbonyl (C=O) groups is 1. The second kappa shape index (κ2) is 45.7. The molecule has 9 nitrogen and oxygen atoms in total. The van der Waals surface area contributed by atoms with Crippen LogP contribution in [0.25, 0.3) is 0 Å². The minimum atomic E-state index is -1.56. The molecule has 0 bridgehead atoms. The average Bonchev–Trinajstić information content (AvgIpc) is 3.29. The maximum Gasteiger partial charge on any atom is 0.220 e. The molecule has 0 aromatic carbocycles. The van der Waals surface area contributed by atoms with E-state index in [1.165, 1.54) is 218 Å². The third kappa shape index (κ3) is 35.1. The number of amides is 1.